The Kier molecular flexibility index (Phi) is 5.06. The van der Waals surface area contributed by atoms with Crippen molar-refractivity contribution in [3.05, 3.63) is 156 Å². The summed E-state index contributed by atoms with van der Waals surface area (Å²) in [6.45, 7) is 4.75. The first kappa shape index (κ1) is 23.3. The summed E-state index contributed by atoms with van der Waals surface area (Å²) >= 11 is 0. The molecule has 1 atom stereocenters. The van der Waals surface area contributed by atoms with Gasteiger partial charge in [0.25, 0.3) is 0 Å². The smallest absolute Gasteiger partial charge is 0.0541 e. The molecule has 2 aliphatic carbocycles. The monoisotopic (exact) mass is 513 g/mol. The van der Waals surface area contributed by atoms with Gasteiger partial charge in [-0.25, -0.2) is 0 Å². The van der Waals surface area contributed by atoms with Crippen molar-refractivity contribution in [1.82, 2.24) is 4.57 Å². The van der Waals surface area contributed by atoms with Crippen molar-refractivity contribution in [3.63, 3.8) is 0 Å². The number of aromatic nitrogens is 1. The van der Waals surface area contributed by atoms with E-state index in [9.17, 15) is 0 Å². The van der Waals surface area contributed by atoms with Gasteiger partial charge in [0.05, 0.1) is 11.0 Å². The van der Waals surface area contributed by atoms with E-state index in [1.165, 1.54) is 66.5 Å². The van der Waals surface area contributed by atoms with Crippen molar-refractivity contribution < 1.29 is 0 Å². The van der Waals surface area contributed by atoms with E-state index in [2.05, 4.69) is 152 Å². The lowest BCUT2D eigenvalue weighted by Gasteiger charge is -2.25. The summed E-state index contributed by atoms with van der Waals surface area (Å²) in [6.07, 6.45) is 5.84. The van der Waals surface area contributed by atoms with Crippen LogP contribution in [-0.4, -0.2) is 4.57 Å². The number of benzene rings is 5. The lowest BCUT2D eigenvalue weighted by atomic mass is 9.82. The van der Waals surface area contributed by atoms with Crippen LogP contribution in [0.25, 0.3) is 44.2 Å². The van der Waals surface area contributed by atoms with Gasteiger partial charge in [0.15, 0.2) is 0 Å². The average Bonchev–Trinajstić information content (AvgIpc) is 3.45. The van der Waals surface area contributed by atoms with Crippen LogP contribution in [0.3, 0.4) is 0 Å². The van der Waals surface area contributed by atoms with Crippen LogP contribution in [-0.2, 0) is 5.41 Å². The first-order chi connectivity index (χ1) is 19.6. The van der Waals surface area contributed by atoms with Crippen LogP contribution in [0.5, 0.6) is 0 Å². The van der Waals surface area contributed by atoms with Gasteiger partial charge in [-0.05, 0) is 69.6 Å². The second-order valence-corrected chi connectivity index (χ2v) is 11.8. The van der Waals surface area contributed by atoms with Gasteiger partial charge in [-0.3, -0.25) is 0 Å². The van der Waals surface area contributed by atoms with Crippen LogP contribution in [0.4, 0.5) is 0 Å². The average molecular weight is 514 g/mol. The Bertz CT molecular complexity index is 1980. The number of para-hydroxylation sites is 1. The van der Waals surface area contributed by atoms with E-state index in [1.54, 1.807) is 0 Å². The highest BCUT2D eigenvalue weighted by Gasteiger charge is 2.36. The molecule has 1 heterocycles. The van der Waals surface area contributed by atoms with Gasteiger partial charge in [-0.2, -0.15) is 0 Å². The molecule has 1 unspecified atom stereocenters. The summed E-state index contributed by atoms with van der Waals surface area (Å²) in [5.74, 6) is 0.308. The van der Waals surface area contributed by atoms with E-state index in [0.717, 1.165) is 6.42 Å². The topological polar surface area (TPSA) is 4.93 Å². The maximum Gasteiger partial charge on any atom is 0.0541 e. The molecule has 0 bridgehead atoms. The Balaban J connectivity index is 1.40. The fraction of sp³-hybridized carbons (Fsp3) is 0.128. The number of hydrogen-bond acceptors (Lipinski definition) is 0. The third kappa shape index (κ3) is 3.41. The molecule has 40 heavy (non-hydrogen) atoms. The molecule has 192 valence electrons. The van der Waals surface area contributed by atoms with E-state index >= 15 is 0 Å². The largest absolute Gasteiger partial charge is 0.313 e. The molecule has 0 saturated carbocycles. The molecule has 0 saturated heterocycles. The van der Waals surface area contributed by atoms with Crippen molar-refractivity contribution >= 4 is 33.1 Å². The number of hydrogen-bond donors (Lipinski definition) is 0. The predicted octanol–water partition coefficient (Wildman–Crippen LogP) is 10.2. The standard InChI is InChI=1S/C39H31N/c1-39(2)35-19-11-9-17-31(35)33-24-34-32-18-10-12-20-37(32)40(38(34)25-36(33)39)30-22-28(26-13-5-3-6-14-26)21-29(23-30)27-15-7-4-8-16-27/h3-22,24-25,29H,23H2,1-2H3. The Morgan fingerprint density at radius 1 is 0.625 bits per heavy atom. The molecule has 1 heteroatoms. The molecule has 0 radical (unpaired) electrons. The Labute approximate surface area is 235 Å². The summed E-state index contributed by atoms with van der Waals surface area (Å²) in [7, 11) is 0. The number of nitrogens with zero attached hydrogens (tertiary/aromatic N) is 1. The highest BCUT2D eigenvalue weighted by molar-refractivity contribution is 6.12. The van der Waals surface area contributed by atoms with Crippen molar-refractivity contribution in [1.29, 1.82) is 0 Å². The zero-order chi connectivity index (χ0) is 26.8. The summed E-state index contributed by atoms with van der Waals surface area (Å²) in [4.78, 5) is 0. The Morgan fingerprint density at radius 3 is 2.15 bits per heavy atom. The molecule has 0 fully saturated rings. The molecule has 0 N–H and O–H groups in total. The molecule has 0 spiro atoms. The molecule has 0 amide bonds. The molecule has 1 aromatic heterocycles. The maximum atomic E-state index is 2.55. The van der Waals surface area contributed by atoms with Crippen molar-refractivity contribution in [2.24, 2.45) is 0 Å². The van der Waals surface area contributed by atoms with Gasteiger partial charge in [-0.1, -0.05) is 123 Å². The Morgan fingerprint density at radius 2 is 1.32 bits per heavy atom. The lowest BCUT2D eigenvalue weighted by Crippen LogP contribution is -2.15. The van der Waals surface area contributed by atoms with Crippen LogP contribution >= 0.6 is 0 Å². The fourth-order valence-electron chi connectivity index (χ4n) is 7.14. The number of fused-ring (bicyclic) bond motifs is 6. The number of rotatable bonds is 3. The van der Waals surface area contributed by atoms with E-state index in [1.807, 2.05) is 0 Å². The van der Waals surface area contributed by atoms with Crippen LogP contribution in [0, 0.1) is 0 Å². The Hall–Kier alpha value is -4.62. The second-order valence-electron chi connectivity index (χ2n) is 11.8. The van der Waals surface area contributed by atoms with Crippen LogP contribution in [0.1, 0.15) is 48.4 Å². The maximum absolute atomic E-state index is 2.55. The predicted molar refractivity (Wildman–Crippen MR) is 169 cm³/mol. The van der Waals surface area contributed by atoms with Crippen LogP contribution in [0.15, 0.2) is 133 Å². The van der Waals surface area contributed by atoms with Crippen LogP contribution < -0.4 is 0 Å². The molecular formula is C39H31N. The minimum atomic E-state index is -0.0377. The van der Waals surface area contributed by atoms with Gasteiger partial charge in [-0.15, -0.1) is 0 Å². The van der Waals surface area contributed by atoms with Gasteiger partial charge in [0.2, 0.25) is 0 Å². The SMILES string of the molecule is CC1(C)c2ccccc2-c2cc3c4ccccc4n(C4=CC(c5ccccc5)=CC(c5ccccc5)C4)c3cc21. The lowest BCUT2D eigenvalue weighted by molar-refractivity contribution is 0.661. The van der Waals surface area contributed by atoms with Gasteiger partial charge >= 0.3 is 0 Å². The van der Waals surface area contributed by atoms with E-state index in [-0.39, 0.29) is 5.41 Å². The highest BCUT2D eigenvalue weighted by Crippen LogP contribution is 2.51. The fourth-order valence-corrected chi connectivity index (χ4v) is 7.14. The third-order valence-electron chi connectivity index (χ3n) is 9.13. The number of allylic oxidation sites excluding steroid dienone is 4. The minimum absolute atomic E-state index is 0.0377. The quantitative estimate of drug-likeness (QED) is 0.222. The second kappa shape index (κ2) is 8.69. The highest BCUT2D eigenvalue weighted by atomic mass is 15.0. The van der Waals surface area contributed by atoms with Gasteiger partial charge in [0, 0.05) is 27.8 Å². The van der Waals surface area contributed by atoms with Crippen molar-refractivity contribution in [2.75, 3.05) is 0 Å². The molecule has 6 aromatic rings. The first-order valence-corrected chi connectivity index (χ1v) is 14.3. The van der Waals surface area contributed by atoms with Crippen molar-refractivity contribution in [3.8, 4) is 11.1 Å². The molecule has 2 aliphatic rings. The van der Waals surface area contributed by atoms with Gasteiger partial charge < -0.3 is 4.57 Å². The van der Waals surface area contributed by atoms with Crippen LogP contribution in [0.2, 0.25) is 0 Å². The molecule has 1 nitrogen and oxygen atoms in total. The van der Waals surface area contributed by atoms with E-state index in [0.29, 0.717) is 5.92 Å². The third-order valence-corrected chi connectivity index (χ3v) is 9.13. The van der Waals surface area contributed by atoms with E-state index < -0.39 is 0 Å². The zero-order valence-corrected chi connectivity index (χ0v) is 22.9. The molecule has 0 aliphatic heterocycles. The van der Waals surface area contributed by atoms with Crippen molar-refractivity contribution in [2.45, 2.75) is 31.6 Å². The molecule has 5 aromatic carbocycles. The molecular weight excluding hydrogens is 482 g/mol. The summed E-state index contributed by atoms with van der Waals surface area (Å²) < 4.78 is 2.55. The summed E-state index contributed by atoms with van der Waals surface area (Å²) in [5, 5.41) is 2.64. The van der Waals surface area contributed by atoms with Gasteiger partial charge in [0.1, 0.15) is 0 Å². The zero-order valence-electron chi connectivity index (χ0n) is 22.9. The first-order valence-electron chi connectivity index (χ1n) is 14.3. The summed E-state index contributed by atoms with van der Waals surface area (Å²) in [6, 6.07) is 44.6. The molecule has 8 rings (SSSR count). The minimum Gasteiger partial charge on any atom is -0.313 e. The summed E-state index contributed by atoms with van der Waals surface area (Å²) in [5.41, 5.74) is 13.4. The van der Waals surface area contributed by atoms with E-state index in [4.69, 9.17) is 0 Å². The normalized spacial score (nSPS) is 17.4.